The topological polar surface area (TPSA) is 66.7 Å². The Balaban J connectivity index is 1.72. The van der Waals surface area contributed by atoms with Gasteiger partial charge in [-0.2, -0.15) is 0 Å². The van der Waals surface area contributed by atoms with Crippen LogP contribution in [-0.2, 0) is 0 Å². The van der Waals surface area contributed by atoms with E-state index in [1.165, 1.54) is 18.4 Å². The Hall–Kier alpha value is -1.39. The third-order valence-corrected chi connectivity index (χ3v) is 3.86. The molecule has 0 spiro atoms. The number of nitrogens with one attached hydrogen (secondary N) is 2. The number of rotatable bonds is 3. The van der Waals surface area contributed by atoms with Gasteiger partial charge >= 0.3 is 0 Å². The molecular formula is C14H20N4. The molecule has 1 aromatic heterocycles. The van der Waals surface area contributed by atoms with Gasteiger partial charge in [-0.05, 0) is 56.0 Å². The molecule has 2 unspecified atom stereocenters. The van der Waals surface area contributed by atoms with Crippen LogP contribution in [0.25, 0.3) is 11.0 Å². The molecule has 2 heterocycles. The molecular weight excluding hydrogens is 224 g/mol. The fourth-order valence-corrected chi connectivity index (χ4v) is 2.80. The number of fused-ring (bicyclic) bond motifs is 1. The standard InChI is InChI=1S/C14H20N4/c15-12(6-10-2-1-5-16-8-10)11-3-4-13-14(7-11)18-9-17-13/h3-4,7,9-10,12,16H,1-2,5-6,8,15H2,(H,17,18). The first-order valence-electron chi connectivity index (χ1n) is 6.72. The van der Waals surface area contributed by atoms with E-state index in [2.05, 4.69) is 27.4 Å². The van der Waals surface area contributed by atoms with Crippen molar-refractivity contribution in [2.45, 2.75) is 25.3 Å². The summed E-state index contributed by atoms with van der Waals surface area (Å²) in [7, 11) is 0. The number of hydrogen-bond donors (Lipinski definition) is 3. The van der Waals surface area contributed by atoms with Crippen molar-refractivity contribution in [1.29, 1.82) is 0 Å². The van der Waals surface area contributed by atoms with E-state index in [9.17, 15) is 0 Å². The van der Waals surface area contributed by atoms with Crippen LogP contribution in [0.1, 0.15) is 30.9 Å². The molecule has 1 saturated heterocycles. The number of aromatic amines is 1. The summed E-state index contributed by atoms with van der Waals surface area (Å²) in [6.07, 6.45) is 5.36. The quantitative estimate of drug-likeness (QED) is 0.773. The Labute approximate surface area is 107 Å². The molecule has 1 aromatic carbocycles. The second-order valence-electron chi connectivity index (χ2n) is 5.23. The molecule has 2 aromatic rings. The Morgan fingerprint density at radius 1 is 1.44 bits per heavy atom. The zero-order valence-electron chi connectivity index (χ0n) is 10.5. The number of aromatic nitrogens is 2. The van der Waals surface area contributed by atoms with E-state index in [4.69, 9.17) is 5.73 Å². The molecule has 18 heavy (non-hydrogen) atoms. The first-order chi connectivity index (χ1) is 8.83. The van der Waals surface area contributed by atoms with Crippen molar-refractivity contribution in [1.82, 2.24) is 15.3 Å². The highest BCUT2D eigenvalue weighted by molar-refractivity contribution is 5.75. The van der Waals surface area contributed by atoms with Gasteiger partial charge in [0.05, 0.1) is 17.4 Å². The van der Waals surface area contributed by atoms with E-state index in [0.717, 1.165) is 30.5 Å². The van der Waals surface area contributed by atoms with Gasteiger partial charge in [0.25, 0.3) is 0 Å². The lowest BCUT2D eigenvalue weighted by Gasteiger charge is -2.25. The van der Waals surface area contributed by atoms with Gasteiger partial charge in [0.2, 0.25) is 0 Å². The molecule has 1 fully saturated rings. The lowest BCUT2D eigenvalue weighted by molar-refractivity contribution is 0.337. The van der Waals surface area contributed by atoms with Crippen molar-refractivity contribution in [3.8, 4) is 0 Å². The van der Waals surface area contributed by atoms with Gasteiger partial charge in [0.1, 0.15) is 0 Å². The molecule has 0 radical (unpaired) electrons. The summed E-state index contributed by atoms with van der Waals surface area (Å²) in [5, 5.41) is 3.45. The van der Waals surface area contributed by atoms with Crippen molar-refractivity contribution in [2.24, 2.45) is 11.7 Å². The van der Waals surface area contributed by atoms with Crippen LogP contribution in [0.2, 0.25) is 0 Å². The Morgan fingerprint density at radius 3 is 3.22 bits per heavy atom. The highest BCUT2D eigenvalue weighted by Gasteiger charge is 2.17. The monoisotopic (exact) mass is 244 g/mol. The molecule has 2 atom stereocenters. The van der Waals surface area contributed by atoms with Crippen LogP contribution in [0.4, 0.5) is 0 Å². The lowest BCUT2D eigenvalue weighted by atomic mass is 9.90. The van der Waals surface area contributed by atoms with Gasteiger partial charge in [0, 0.05) is 6.04 Å². The average molecular weight is 244 g/mol. The van der Waals surface area contributed by atoms with Gasteiger partial charge in [-0.15, -0.1) is 0 Å². The summed E-state index contributed by atoms with van der Waals surface area (Å²) in [6, 6.07) is 6.40. The first kappa shape index (κ1) is 11.7. The van der Waals surface area contributed by atoms with Gasteiger partial charge in [-0.25, -0.2) is 4.98 Å². The molecule has 0 aliphatic carbocycles. The van der Waals surface area contributed by atoms with Crippen molar-refractivity contribution >= 4 is 11.0 Å². The number of imidazole rings is 1. The van der Waals surface area contributed by atoms with E-state index in [1.807, 2.05) is 6.07 Å². The number of hydrogen-bond acceptors (Lipinski definition) is 3. The van der Waals surface area contributed by atoms with Crippen LogP contribution < -0.4 is 11.1 Å². The highest BCUT2D eigenvalue weighted by atomic mass is 14.9. The van der Waals surface area contributed by atoms with Gasteiger partial charge in [-0.3, -0.25) is 0 Å². The lowest BCUT2D eigenvalue weighted by Crippen LogP contribution is -2.31. The predicted octanol–water partition coefficient (Wildman–Crippen LogP) is 1.95. The van der Waals surface area contributed by atoms with Gasteiger partial charge < -0.3 is 16.0 Å². The van der Waals surface area contributed by atoms with E-state index in [1.54, 1.807) is 6.33 Å². The van der Waals surface area contributed by atoms with E-state index < -0.39 is 0 Å². The summed E-state index contributed by atoms with van der Waals surface area (Å²) in [5.74, 6) is 0.714. The second-order valence-corrected chi connectivity index (χ2v) is 5.23. The zero-order chi connectivity index (χ0) is 12.4. The minimum atomic E-state index is 0.127. The van der Waals surface area contributed by atoms with Crippen molar-refractivity contribution in [2.75, 3.05) is 13.1 Å². The fourth-order valence-electron chi connectivity index (χ4n) is 2.80. The predicted molar refractivity (Wildman–Crippen MR) is 73.2 cm³/mol. The van der Waals surface area contributed by atoms with Gasteiger partial charge in [-0.1, -0.05) is 6.07 Å². The van der Waals surface area contributed by atoms with Crippen molar-refractivity contribution in [3.63, 3.8) is 0 Å². The maximum Gasteiger partial charge on any atom is 0.0931 e. The Bertz CT molecular complexity index is 513. The Morgan fingerprint density at radius 2 is 2.39 bits per heavy atom. The molecule has 1 aliphatic heterocycles. The summed E-state index contributed by atoms with van der Waals surface area (Å²) < 4.78 is 0. The van der Waals surface area contributed by atoms with Crippen LogP contribution >= 0.6 is 0 Å². The number of nitrogens with two attached hydrogens (primary N) is 1. The molecule has 0 bridgehead atoms. The SMILES string of the molecule is NC(CC1CCCNC1)c1ccc2nc[nH]c2c1. The highest BCUT2D eigenvalue weighted by Crippen LogP contribution is 2.25. The average Bonchev–Trinajstić information content (AvgIpc) is 2.87. The van der Waals surface area contributed by atoms with E-state index in [-0.39, 0.29) is 6.04 Å². The molecule has 0 saturated carbocycles. The summed E-state index contributed by atoms with van der Waals surface area (Å²) >= 11 is 0. The number of H-pyrrole nitrogens is 1. The third kappa shape index (κ3) is 2.40. The molecule has 3 rings (SSSR count). The summed E-state index contributed by atoms with van der Waals surface area (Å²) in [4.78, 5) is 7.37. The number of piperidine rings is 1. The second kappa shape index (κ2) is 5.08. The van der Waals surface area contributed by atoms with Crippen LogP contribution in [0.3, 0.4) is 0 Å². The zero-order valence-corrected chi connectivity index (χ0v) is 10.5. The number of nitrogens with zero attached hydrogens (tertiary/aromatic N) is 1. The molecule has 96 valence electrons. The minimum Gasteiger partial charge on any atom is -0.345 e. The van der Waals surface area contributed by atoms with Crippen LogP contribution in [-0.4, -0.2) is 23.1 Å². The van der Waals surface area contributed by atoms with Crippen molar-refractivity contribution in [3.05, 3.63) is 30.1 Å². The van der Waals surface area contributed by atoms with Gasteiger partial charge in [0.15, 0.2) is 0 Å². The molecule has 4 N–H and O–H groups in total. The largest absolute Gasteiger partial charge is 0.345 e. The van der Waals surface area contributed by atoms with E-state index in [0.29, 0.717) is 5.92 Å². The molecule has 4 heteroatoms. The van der Waals surface area contributed by atoms with Crippen LogP contribution in [0.15, 0.2) is 24.5 Å². The maximum atomic E-state index is 6.32. The third-order valence-electron chi connectivity index (χ3n) is 3.86. The molecule has 0 amide bonds. The normalized spacial score (nSPS) is 22.2. The fraction of sp³-hybridized carbons (Fsp3) is 0.500. The Kier molecular flexibility index (Phi) is 3.30. The summed E-state index contributed by atoms with van der Waals surface area (Å²) in [6.45, 7) is 2.27. The maximum absolute atomic E-state index is 6.32. The first-order valence-corrected chi connectivity index (χ1v) is 6.72. The molecule has 1 aliphatic rings. The minimum absolute atomic E-state index is 0.127. The van der Waals surface area contributed by atoms with Crippen LogP contribution in [0.5, 0.6) is 0 Å². The van der Waals surface area contributed by atoms with E-state index >= 15 is 0 Å². The smallest absolute Gasteiger partial charge is 0.0931 e. The summed E-state index contributed by atoms with van der Waals surface area (Å²) in [5.41, 5.74) is 9.61. The van der Waals surface area contributed by atoms with Crippen molar-refractivity contribution < 1.29 is 0 Å². The number of benzene rings is 1. The van der Waals surface area contributed by atoms with Crippen LogP contribution in [0, 0.1) is 5.92 Å². The molecule has 4 nitrogen and oxygen atoms in total.